The summed E-state index contributed by atoms with van der Waals surface area (Å²) in [6, 6.07) is 0. The molecular formula is C16H30N2O2. The second-order valence-electron chi connectivity index (χ2n) is 6.57. The van der Waals surface area contributed by atoms with Crippen LogP contribution in [0.5, 0.6) is 0 Å². The first-order valence-electron chi connectivity index (χ1n) is 7.87. The maximum Gasteiger partial charge on any atom is 0.220 e. The van der Waals surface area contributed by atoms with E-state index in [1.165, 1.54) is 0 Å². The fourth-order valence-corrected chi connectivity index (χ4v) is 2.98. The van der Waals surface area contributed by atoms with Gasteiger partial charge < -0.3 is 10.2 Å². The number of nitrogens with one attached hydrogen (secondary N) is 1. The Morgan fingerprint density at radius 2 is 1.85 bits per heavy atom. The summed E-state index contributed by atoms with van der Waals surface area (Å²) in [4.78, 5) is 26.3. The van der Waals surface area contributed by atoms with Crippen LogP contribution in [0.3, 0.4) is 0 Å². The first-order chi connectivity index (χ1) is 9.41. The molecule has 0 saturated heterocycles. The Kier molecular flexibility index (Phi) is 7.20. The molecule has 0 aromatic rings. The molecule has 0 spiro atoms. The van der Waals surface area contributed by atoms with Crippen LogP contribution in [0.25, 0.3) is 0 Å². The van der Waals surface area contributed by atoms with Crippen LogP contribution in [0.15, 0.2) is 0 Å². The number of Topliss-reactive ketones (excluding diaryl/α,β-unsaturated/α-hetero) is 1. The largest absolute Gasteiger partial charge is 0.355 e. The summed E-state index contributed by atoms with van der Waals surface area (Å²) in [7, 11) is 3.98. The Morgan fingerprint density at radius 1 is 1.20 bits per heavy atom. The van der Waals surface area contributed by atoms with Gasteiger partial charge >= 0.3 is 0 Å². The molecule has 116 valence electrons. The molecule has 4 nitrogen and oxygen atoms in total. The minimum atomic E-state index is 0.0809. The molecule has 1 amide bonds. The van der Waals surface area contributed by atoms with E-state index in [0.717, 1.165) is 32.2 Å². The van der Waals surface area contributed by atoms with Crippen molar-refractivity contribution in [3.8, 4) is 0 Å². The molecule has 2 atom stereocenters. The molecule has 1 N–H and O–H groups in total. The summed E-state index contributed by atoms with van der Waals surface area (Å²) in [5.74, 6) is 0.870. The number of amides is 1. The molecule has 1 saturated carbocycles. The molecular weight excluding hydrogens is 252 g/mol. The van der Waals surface area contributed by atoms with Gasteiger partial charge in [0.15, 0.2) is 0 Å². The van der Waals surface area contributed by atoms with Crippen LogP contribution < -0.4 is 5.32 Å². The van der Waals surface area contributed by atoms with Gasteiger partial charge in [-0.05, 0) is 32.9 Å². The highest BCUT2D eigenvalue weighted by Crippen LogP contribution is 2.34. The minimum Gasteiger partial charge on any atom is -0.355 e. The Hall–Kier alpha value is -0.900. The normalized spacial score (nSPS) is 23.1. The molecule has 1 rings (SSSR count). The van der Waals surface area contributed by atoms with Gasteiger partial charge in [-0.25, -0.2) is 0 Å². The molecule has 0 aromatic carbocycles. The van der Waals surface area contributed by atoms with E-state index >= 15 is 0 Å². The summed E-state index contributed by atoms with van der Waals surface area (Å²) in [6.45, 7) is 5.46. The Balaban J connectivity index is 2.46. The van der Waals surface area contributed by atoms with Crippen LogP contribution in [0.2, 0.25) is 0 Å². The van der Waals surface area contributed by atoms with Crippen molar-refractivity contribution in [1.82, 2.24) is 10.2 Å². The fourth-order valence-electron chi connectivity index (χ4n) is 2.98. The third-order valence-electron chi connectivity index (χ3n) is 4.17. The van der Waals surface area contributed by atoms with Gasteiger partial charge in [-0.3, -0.25) is 9.59 Å². The number of hydrogen-bond donors (Lipinski definition) is 1. The third-order valence-corrected chi connectivity index (χ3v) is 4.17. The predicted molar refractivity (Wildman–Crippen MR) is 81.5 cm³/mol. The lowest BCUT2D eigenvalue weighted by molar-refractivity contribution is -0.130. The van der Waals surface area contributed by atoms with E-state index in [4.69, 9.17) is 0 Å². The lowest BCUT2D eigenvalue weighted by Gasteiger charge is -2.31. The number of ketones is 1. The van der Waals surface area contributed by atoms with Gasteiger partial charge in [0.2, 0.25) is 5.91 Å². The molecule has 0 aromatic heterocycles. The zero-order chi connectivity index (χ0) is 15.1. The SMILES string of the molecule is CC(C)C(=O)[C@H]1CCCC[C@H]1CC(=O)NCCN(C)C. The van der Waals surface area contributed by atoms with Gasteiger partial charge in [-0.15, -0.1) is 0 Å². The van der Waals surface area contributed by atoms with Crippen molar-refractivity contribution >= 4 is 11.7 Å². The molecule has 1 aliphatic carbocycles. The standard InChI is InChI=1S/C16H30N2O2/c1-12(2)16(20)14-8-6-5-7-13(14)11-15(19)17-9-10-18(3)4/h12-14H,5-11H2,1-4H3,(H,17,19)/t13-,14-/m0/s1. The summed E-state index contributed by atoms with van der Waals surface area (Å²) < 4.78 is 0. The van der Waals surface area contributed by atoms with Crippen molar-refractivity contribution in [3.63, 3.8) is 0 Å². The van der Waals surface area contributed by atoms with E-state index in [2.05, 4.69) is 5.32 Å². The van der Waals surface area contributed by atoms with E-state index in [1.54, 1.807) is 0 Å². The van der Waals surface area contributed by atoms with Gasteiger partial charge in [0, 0.05) is 31.3 Å². The Labute approximate surface area is 123 Å². The molecule has 4 heteroatoms. The third kappa shape index (κ3) is 5.61. The molecule has 0 aliphatic heterocycles. The summed E-state index contributed by atoms with van der Waals surface area (Å²) in [5.41, 5.74) is 0. The first kappa shape index (κ1) is 17.2. The first-order valence-corrected chi connectivity index (χ1v) is 7.87. The quantitative estimate of drug-likeness (QED) is 0.778. The average Bonchev–Trinajstić information content (AvgIpc) is 2.38. The second-order valence-corrected chi connectivity index (χ2v) is 6.57. The molecule has 0 radical (unpaired) electrons. The summed E-state index contributed by atoms with van der Waals surface area (Å²) in [6.07, 6.45) is 4.77. The Morgan fingerprint density at radius 3 is 2.45 bits per heavy atom. The van der Waals surface area contributed by atoms with Crippen molar-refractivity contribution in [3.05, 3.63) is 0 Å². The van der Waals surface area contributed by atoms with Crippen molar-refractivity contribution < 1.29 is 9.59 Å². The van der Waals surface area contributed by atoms with E-state index in [-0.39, 0.29) is 23.7 Å². The van der Waals surface area contributed by atoms with Gasteiger partial charge in [-0.1, -0.05) is 26.7 Å². The Bertz CT molecular complexity index is 326. The van der Waals surface area contributed by atoms with Crippen LogP contribution >= 0.6 is 0 Å². The molecule has 0 bridgehead atoms. The maximum atomic E-state index is 12.3. The van der Waals surface area contributed by atoms with E-state index in [0.29, 0.717) is 18.7 Å². The highest BCUT2D eigenvalue weighted by molar-refractivity contribution is 5.84. The number of nitrogens with zero attached hydrogens (tertiary/aromatic N) is 1. The number of carbonyl (C=O) groups is 2. The zero-order valence-corrected chi connectivity index (χ0v) is 13.4. The van der Waals surface area contributed by atoms with Crippen LogP contribution in [0.1, 0.15) is 46.0 Å². The summed E-state index contributed by atoms with van der Waals surface area (Å²) in [5, 5.41) is 2.96. The summed E-state index contributed by atoms with van der Waals surface area (Å²) >= 11 is 0. The van der Waals surface area contributed by atoms with Gasteiger partial charge in [0.25, 0.3) is 0 Å². The van der Waals surface area contributed by atoms with Crippen molar-refractivity contribution in [2.75, 3.05) is 27.2 Å². The van der Waals surface area contributed by atoms with Crippen LogP contribution in [0, 0.1) is 17.8 Å². The highest BCUT2D eigenvalue weighted by atomic mass is 16.1. The highest BCUT2D eigenvalue weighted by Gasteiger charge is 2.33. The lowest BCUT2D eigenvalue weighted by atomic mass is 9.73. The van der Waals surface area contributed by atoms with Crippen LogP contribution in [-0.2, 0) is 9.59 Å². The number of carbonyl (C=O) groups excluding carboxylic acids is 2. The topological polar surface area (TPSA) is 49.4 Å². The molecule has 20 heavy (non-hydrogen) atoms. The van der Waals surface area contributed by atoms with Crippen molar-refractivity contribution in [2.24, 2.45) is 17.8 Å². The second kappa shape index (κ2) is 8.40. The van der Waals surface area contributed by atoms with Crippen molar-refractivity contribution in [2.45, 2.75) is 46.0 Å². The van der Waals surface area contributed by atoms with E-state index in [1.807, 2.05) is 32.8 Å². The molecule has 1 aliphatic rings. The van der Waals surface area contributed by atoms with E-state index < -0.39 is 0 Å². The van der Waals surface area contributed by atoms with Crippen molar-refractivity contribution in [1.29, 1.82) is 0 Å². The lowest BCUT2D eigenvalue weighted by Crippen LogP contribution is -2.36. The zero-order valence-electron chi connectivity index (χ0n) is 13.4. The fraction of sp³-hybridized carbons (Fsp3) is 0.875. The smallest absolute Gasteiger partial charge is 0.220 e. The number of hydrogen-bond acceptors (Lipinski definition) is 3. The van der Waals surface area contributed by atoms with Crippen LogP contribution in [0.4, 0.5) is 0 Å². The number of likely N-dealkylation sites (N-methyl/N-ethyl adjacent to an activating group) is 1. The van der Waals surface area contributed by atoms with E-state index in [9.17, 15) is 9.59 Å². The van der Waals surface area contributed by atoms with Crippen LogP contribution in [-0.4, -0.2) is 43.8 Å². The predicted octanol–water partition coefficient (Wildman–Crippen LogP) is 2.09. The average molecular weight is 282 g/mol. The van der Waals surface area contributed by atoms with Gasteiger partial charge in [0.1, 0.15) is 5.78 Å². The maximum absolute atomic E-state index is 12.3. The van der Waals surface area contributed by atoms with Gasteiger partial charge in [0.05, 0.1) is 0 Å². The molecule has 0 unspecified atom stereocenters. The number of rotatable bonds is 7. The monoisotopic (exact) mass is 282 g/mol. The molecule has 0 heterocycles. The molecule has 1 fully saturated rings. The van der Waals surface area contributed by atoms with Gasteiger partial charge in [-0.2, -0.15) is 0 Å². The minimum absolute atomic E-state index is 0.0809.